The molecule has 3 N–H and O–H groups in total. The van der Waals surface area contributed by atoms with E-state index in [2.05, 4.69) is 14.9 Å². The summed E-state index contributed by atoms with van der Waals surface area (Å²) in [6.07, 6.45) is 2.00. The quantitative estimate of drug-likeness (QED) is 0.717. The van der Waals surface area contributed by atoms with Crippen molar-refractivity contribution in [3.8, 4) is 0 Å². The summed E-state index contributed by atoms with van der Waals surface area (Å²) in [6, 6.07) is 0.313. The second-order valence-electron chi connectivity index (χ2n) is 4.43. The van der Waals surface area contributed by atoms with Gasteiger partial charge in [0.15, 0.2) is 0 Å². The summed E-state index contributed by atoms with van der Waals surface area (Å²) in [5.41, 5.74) is 8.36. The minimum Gasteiger partial charge on any atom is -0.369 e. The van der Waals surface area contributed by atoms with Crippen LogP contribution in [0.15, 0.2) is 4.79 Å². The molecule has 0 radical (unpaired) electrons. The SMILES string of the molecule is Cc1nc(=O)[nH]c(C)c1N1CCC(N)CC1. The molecule has 1 saturated heterocycles. The number of aryl methyl sites for hydroxylation is 2. The number of H-pyrrole nitrogens is 1. The summed E-state index contributed by atoms with van der Waals surface area (Å²) in [4.78, 5) is 20.1. The second-order valence-corrected chi connectivity index (χ2v) is 4.43. The van der Waals surface area contributed by atoms with Crippen LogP contribution in [0.25, 0.3) is 0 Å². The Balaban J connectivity index is 2.30. The highest BCUT2D eigenvalue weighted by Crippen LogP contribution is 2.23. The maximum absolute atomic E-state index is 11.2. The molecular weight excluding hydrogens is 204 g/mol. The van der Waals surface area contributed by atoms with E-state index in [1.54, 1.807) is 0 Å². The first-order valence-corrected chi connectivity index (χ1v) is 5.66. The number of aromatic nitrogens is 2. The summed E-state index contributed by atoms with van der Waals surface area (Å²) in [5, 5.41) is 0. The molecule has 5 nitrogen and oxygen atoms in total. The number of hydrogen-bond acceptors (Lipinski definition) is 4. The second kappa shape index (κ2) is 4.25. The van der Waals surface area contributed by atoms with Gasteiger partial charge in [-0.3, -0.25) is 0 Å². The lowest BCUT2D eigenvalue weighted by atomic mass is 10.0. The van der Waals surface area contributed by atoms with E-state index < -0.39 is 0 Å². The van der Waals surface area contributed by atoms with Gasteiger partial charge in [-0.25, -0.2) is 4.79 Å². The lowest BCUT2D eigenvalue weighted by Crippen LogP contribution is -2.40. The molecule has 0 spiro atoms. The maximum atomic E-state index is 11.2. The third kappa shape index (κ3) is 2.09. The Labute approximate surface area is 94.7 Å². The van der Waals surface area contributed by atoms with Gasteiger partial charge in [-0.1, -0.05) is 0 Å². The number of nitrogens with two attached hydrogens (primary N) is 1. The molecule has 0 amide bonds. The van der Waals surface area contributed by atoms with Gasteiger partial charge in [-0.2, -0.15) is 4.98 Å². The van der Waals surface area contributed by atoms with Crippen molar-refractivity contribution in [1.29, 1.82) is 0 Å². The van der Waals surface area contributed by atoms with E-state index in [4.69, 9.17) is 5.73 Å². The largest absolute Gasteiger partial charge is 0.369 e. The molecule has 2 rings (SSSR count). The van der Waals surface area contributed by atoms with Crippen molar-refractivity contribution in [2.24, 2.45) is 5.73 Å². The van der Waals surface area contributed by atoms with Crippen molar-refractivity contribution < 1.29 is 0 Å². The molecule has 1 aliphatic rings. The van der Waals surface area contributed by atoms with Crippen LogP contribution in [-0.4, -0.2) is 29.1 Å². The monoisotopic (exact) mass is 222 g/mol. The van der Waals surface area contributed by atoms with Gasteiger partial charge in [0.05, 0.1) is 11.4 Å². The highest BCUT2D eigenvalue weighted by atomic mass is 16.1. The van der Waals surface area contributed by atoms with Crippen LogP contribution < -0.4 is 16.3 Å². The van der Waals surface area contributed by atoms with Gasteiger partial charge in [0, 0.05) is 24.8 Å². The molecule has 1 aliphatic heterocycles. The molecule has 0 atom stereocenters. The fourth-order valence-corrected chi connectivity index (χ4v) is 2.31. The van der Waals surface area contributed by atoms with Crippen LogP contribution in [-0.2, 0) is 0 Å². The summed E-state index contributed by atoms with van der Waals surface area (Å²) in [7, 11) is 0. The predicted molar refractivity (Wildman–Crippen MR) is 63.8 cm³/mol. The molecule has 16 heavy (non-hydrogen) atoms. The van der Waals surface area contributed by atoms with Gasteiger partial charge in [-0.15, -0.1) is 0 Å². The molecule has 0 aliphatic carbocycles. The summed E-state index contributed by atoms with van der Waals surface area (Å²) in [5.74, 6) is 0. The van der Waals surface area contributed by atoms with Gasteiger partial charge < -0.3 is 15.6 Å². The Morgan fingerprint density at radius 2 is 2.00 bits per heavy atom. The highest BCUT2D eigenvalue weighted by molar-refractivity contribution is 5.53. The lowest BCUT2D eigenvalue weighted by Gasteiger charge is -2.33. The van der Waals surface area contributed by atoms with E-state index in [1.807, 2.05) is 13.8 Å². The smallest absolute Gasteiger partial charge is 0.345 e. The zero-order valence-corrected chi connectivity index (χ0v) is 9.79. The van der Waals surface area contributed by atoms with Crippen LogP contribution in [0, 0.1) is 13.8 Å². The number of aromatic amines is 1. The molecule has 5 heteroatoms. The first-order valence-electron chi connectivity index (χ1n) is 5.66. The molecule has 0 aromatic carbocycles. The zero-order chi connectivity index (χ0) is 11.7. The number of hydrogen-bond donors (Lipinski definition) is 2. The fourth-order valence-electron chi connectivity index (χ4n) is 2.31. The Kier molecular flexibility index (Phi) is 2.96. The van der Waals surface area contributed by atoms with Crippen molar-refractivity contribution in [2.75, 3.05) is 18.0 Å². The normalized spacial score (nSPS) is 17.8. The standard InChI is InChI=1S/C11H18N4O/c1-7-10(8(2)14-11(16)13-7)15-5-3-9(12)4-6-15/h9H,3-6,12H2,1-2H3,(H,13,14,16). The number of nitrogens with one attached hydrogen (secondary N) is 1. The average Bonchev–Trinajstić information content (AvgIpc) is 2.19. The Bertz CT molecular complexity index is 406. The van der Waals surface area contributed by atoms with Crippen molar-refractivity contribution in [2.45, 2.75) is 32.7 Å². The lowest BCUT2D eigenvalue weighted by molar-refractivity contribution is 0.499. The van der Waals surface area contributed by atoms with Crippen molar-refractivity contribution >= 4 is 5.69 Å². The first-order chi connectivity index (χ1) is 7.58. The highest BCUT2D eigenvalue weighted by Gasteiger charge is 2.20. The van der Waals surface area contributed by atoms with E-state index in [0.717, 1.165) is 43.0 Å². The molecule has 1 aromatic heterocycles. The van der Waals surface area contributed by atoms with Crippen molar-refractivity contribution in [1.82, 2.24) is 9.97 Å². The summed E-state index contributed by atoms with van der Waals surface area (Å²) < 4.78 is 0. The van der Waals surface area contributed by atoms with Gasteiger partial charge in [0.1, 0.15) is 0 Å². The Morgan fingerprint density at radius 1 is 1.38 bits per heavy atom. The zero-order valence-electron chi connectivity index (χ0n) is 9.79. The number of piperidine rings is 1. The maximum Gasteiger partial charge on any atom is 0.345 e. The number of anilines is 1. The van der Waals surface area contributed by atoms with Gasteiger partial charge >= 0.3 is 5.69 Å². The van der Waals surface area contributed by atoms with E-state index in [0.29, 0.717) is 6.04 Å². The third-order valence-electron chi connectivity index (χ3n) is 3.12. The minimum atomic E-state index is -0.271. The van der Waals surface area contributed by atoms with Crippen LogP contribution in [0.4, 0.5) is 5.69 Å². The molecule has 0 saturated carbocycles. The molecular formula is C11H18N4O. The Hall–Kier alpha value is -1.36. The first kappa shape index (κ1) is 11.1. The van der Waals surface area contributed by atoms with Gasteiger partial charge in [-0.05, 0) is 26.7 Å². The fraction of sp³-hybridized carbons (Fsp3) is 0.636. The van der Waals surface area contributed by atoms with Crippen LogP contribution >= 0.6 is 0 Å². The molecule has 2 heterocycles. The summed E-state index contributed by atoms with van der Waals surface area (Å²) in [6.45, 7) is 5.68. The minimum absolute atomic E-state index is 0.271. The molecule has 0 unspecified atom stereocenters. The number of rotatable bonds is 1. The summed E-state index contributed by atoms with van der Waals surface area (Å²) >= 11 is 0. The van der Waals surface area contributed by atoms with Gasteiger partial charge in [0.2, 0.25) is 0 Å². The Morgan fingerprint density at radius 3 is 2.56 bits per heavy atom. The van der Waals surface area contributed by atoms with Crippen molar-refractivity contribution in [3.63, 3.8) is 0 Å². The van der Waals surface area contributed by atoms with Crippen LogP contribution in [0.1, 0.15) is 24.2 Å². The third-order valence-corrected chi connectivity index (χ3v) is 3.12. The van der Waals surface area contributed by atoms with E-state index in [-0.39, 0.29) is 5.69 Å². The van der Waals surface area contributed by atoms with Crippen LogP contribution in [0.2, 0.25) is 0 Å². The van der Waals surface area contributed by atoms with E-state index in [1.165, 1.54) is 0 Å². The molecule has 1 aromatic rings. The van der Waals surface area contributed by atoms with Crippen LogP contribution in [0.3, 0.4) is 0 Å². The van der Waals surface area contributed by atoms with Crippen LogP contribution in [0.5, 0.6) is 0 Å². The van der Waals surface area contributed by atoms with E-state index in [9.17, 15) is 4.79 Å². The van der Waals surface area contributed by atoms with E-state index >= 15 is 0 Å². The topological polar surface area (TPSA) is 75.0 Å². The van der Waals surface area contributed by atoms with Gasteiger partial charge in [0.25, 0.3) is 0 Å². The average molecular weight is 222 g/mol. The van der Waals surface area contributed by atoms with Crippen molar-refractivity contribution in [3.05, 3.63) is 21.9 Å². The predicted octanol–water partition coefficient (Wildman–Crippen LogP) is 0.314. The number of nitrogens with zero attached hydrogens (tertiary/aromatic N) is 2. The molecule has 1 fully saturated rings. The molecule has 0 bridgehead atoms. The molecule has 88 valence electrons.